The maximum atomic E-state index is 13.1. The molecule has 0 fully saturated rings. The molecule has 5 heteroatoms. The molecule has 0 saturated carbocycles. The normalized spacial score (nSPS) is 11.0. The van der Waals surface area contributed by atoms with Gasteiger partial charge in [-0.2, -0.15) is 15.0 Å². The van der Waals surface area contributed by atoms with E-state index in [0.29, 0.717) is 19.6 Å². The SMILES string of the molecule is Cc1ccccc1Cn1nc(CNCc2ccc(F)cc2)c(-c2ccccc2)n1. The Kier molecular flexibility index (Phi) is 5.77. The van der Waals surface area contributed by atoms with E-state index in [9.17, 15) is 4.39 Å². The van der Waals surface area contributed by atoms with Crippen LogP contribution in [0.5, 0.6) is 0 Å². The van der Waals surface area contributed by atoms with E-state index in [1.807, 2.05) is 42.5 Å². The largest absolute Gasteiger partial charge is 0.307 e. The van der Waals surface area contributed by atoms with Crippen LogP contribution in [0.4, 0.5) is 4.39 Å². The fraction of sp³-hybridized carbons (Fsp3) is 0.167. The smallest absolute Gasteiger partial charge is 0.123 e. The fourth-order valence-electron chi connectivity index (χ4n) is 3.26. The van der Waals surface area contributed by atoms with E-state index in [-0.39, 0.29) is 5.82 Å². The van der Waals surface area contributed by atoms with E-state index in [0.717, 1.165) is 22.5 Å². The minimum absolute atomic E-state index is 0.223. The highest BCUT2D eigenvalue weighted by atomic mass is 19.1. The summed E-state index contributed by atoms with van der Waals surface area (Å²) in [5, 5.41) is 12.9. The van der Waals surface area contributed by atoms with Gasteiger partial charge in [0.15, 0.2) is 0 Å². The summed E-state index contributed by atoms with van der Waals surface area (Å²) in [6, 6.07) is 24.9. The van der Waals surface area contributed by atoms with Gasteiger partial charge in [0.2, 0.25) is 0 Å². The van der Waals surface area contributed by atoms with Gasteiger partial charge in [0, 0.05) is 18.7 Å². The average molecular weight is 386 g/mol. The molecule has 0 atom stereocenters. The number of halogens is 1. The first kappa shape index (κ1) is 19.0. The molecular weight excluding hydrogens is 363 g/mol. The third-order valence-corrected chi connectivity index (χ3v) is 4.88. The molecule has 1 heterocycles. The lowest BCUT2D eigenvalue weighted by Gasteiger charge is -2.05. The van der Waals surface area contributed by atoms with Crippen molar-refractivity contribution < 1.29 is 4.39 Å². The van der Waals surface area contributed by atoms with E-state index in [4.69, 9.17) is 10.2 Å². The van der Waals surface area contributed by atoms with E-state index in [1.165, 1.54) is 23.3 Å². The molecule has 4 rings (SSSR count). The molecule has 0 amide bonds. The van der Waals surface area contributed by atoms with E-state index in [2.05, 4.69) is 24.4 Å². The van der Waals surface area contributed by atoms with Crippen molar-refractivity contribution in [2.45, 2.75) is 26.6 Å². The Morgan fingerprint density at radius 3 is 2.31 bits per heavy atom. The second kappa shape index (κ2) is 8.80. The maximum Gasteiger partial charge on any atom is 0.123 e. The van der Waals surface area contributed by atoms with Crippen LogP contribution in [0.15, 0.2) is 78.9 Å². The first-order valence-electron chi connectivity index (χ1n) is 9.68. The van der Waals surface area contributed by atoms with Gasteiger partial charge in [-0.05, 0) is 35.7 Å². The Bertz CT molecular complexity index is 1070. The number of rotatable bonds is 7. The molecule has 0 aliphatic rings. The number of nitrogens with one attached hydrogen (secondary N) is 1. The molecule has 3 aromatic carbocycles. The highest BCUT2D eigenvalue weighted by Crippen LogP contribution is 2.21. The number of nitrogens with zero attached hydrogens (tertiary/aromatic N) is 3. The predicted molar refractivity (Wildman–Crippen MR) is 113 cm³/mol. The molecule has 1 N–H and O–H groups in total. The van der Waals surface area contributed by atoms with Crippen molar-refractivity contribution in [2.24, 2.45) is 0 Å². The number of aromatic nitrogens is 3. The van der Waals surface area contributed by atoms with Crippen LogP contribution in [-0.4, -0.2) is 15.0 Å². The molecular formula is C24H23FN4. The Morgan fingerprint density at radius 1 is 0.828 bits per heavy atom. The molecule has 0 saturated heterocycles. The summed E-state index contributed by atoms with van der Waals surface area (Å²) in [6.45, 7) is 3.95. The molecule has 0 spiro atoms. The molecule has 0 aliphatic heterocycles. The van der Waals surface area contributed by atoms with Crippen LogP contribution in [-0.2, 0) is 19.6 Å². The third-order valence-electron chi connectivity index (χ3n) is 4.88. The minimum atomic E-state index is -0.223. The quantitative estimate of drug-likeness (QED) is 0.499. The number of benzene rings is 3. The van der Waals surface area contributed by atoms with Crippen LogP contribution in [0, 0.1) is 12.7 Å². The minimum Gasteiger partial charge on any atom is -0.307 e. The predicted octanol–water partition coefficient (Wildman–Crippen LogP) is 4.73. The van der Waals surface area contributed by atoms with Crippen molar-refractivity contribution in [2.75, 3.05) is 0 Å². The number of aryl methyl sites for hydroxylation is 1. The van der Waals surface area contributed by atoms with Gasteiger partial charge in [-0.25, -0.2) is 4.39 Å². The fourth-order valence-corrected chi connectivity index (χ4v) is 3.26. The monoisotopic (exact) mass is 386 g/mol. The lowest BCUT2D eigenvalue weighted by atomic mass is 10.1. The van der Waals surface area contributed by atoms with E-state index < -0.39 is 0 Å². The molecule has 4 aromatic rings. The molecule has 0 aliphatic carbocycles. The lowest BCUT2D eigenvalue weighted by molar-refractivity contribution is 0.575. The van der Waals surface area contributed by atoms with Crippen LogP contribution in [0.25, 0.3) is 11.3 Å². The van der Waals surface area contributed by atoms with Crippen LogP contribution >= 0.6 is 0 Å². The first-order valence-corrected chi connectivity index (χ1v) is 9.68. The number of hydrogen-bond acceptors (Lipinski definition) is 3. The van der Waals surface area contributed by atoms with Crippen LogP contribution in [0.1, 0.15) is 22.4 Å². The highest BCUT2D eigenvalue weighted by Gasteiger charge is 2.13. The van der Waals surface area contributed by atoms with Crippen LogP contribution in [0.2, 0.25) is 0 Å². The van der Waals surface area contributed by atoms with E-state index >= 15 is 0 Å². The van der Waals surface area contributed by atoms with Gasteiger partial charge in [-0.15, -0.1) is 0 Å². The van der Waals surface area contributed by atoms with Crippen molar-refractivity contribution in [3.8, 4) is 11.3 Å². The van der Waals surface area contributed by atoms with Crippen LogP contribution in [0.3, 0.4) is 0 Å². The first-order chi connectivity index (χ1) is 14.2. The summed E-state index contributed by atoms with van der Waals surface area (Å²) in [5.74, 6) is -0.223. The summed E-state index contributed by atoms with van der Waals surface area (Å²) in [7, 11) is 0. The molecule has 0 radical (unpaired) electrons. The summed E-state index contributed by atoms with van der Waals surface area (Å²) in [4.78, 5) is 1.76. The topological polar surface area (TPSA) is 42.7 Å². The summed E-state index contributed by atoms with van der Waals surface area (Å²) in [5.41, 5.74) is 6.27. The Hall–Kier alpha value is -3.31. The summed E-state index contributed by atoms with van der Waals surface area (Å²) in [6.07, 6.45) is 0. The van der Waals surface area contributed by atoms with Gasteiger partial charge in [-0.3, -0.25) is 0 Å². The van der Waals surface area contributed by atoms with Crippen molar-refractivity contribution >= 4 is 0 Å². The zero-order valence-corrected chi connectivity index (χ0v) is 16.3. The van der Waals surface area contributed by atoms with Crippen molar-refractivity contribution in [3.05, 3.63) is 107 Å². The van der Waals surface area contributed by atoms with Crippen LogP contribution < -0.4 is 5.32 Å². The van der Waals surface area contributed by atoms with Gasteiger partial charge in [0.05, 0.1) is 6.54 Å². The second-order valence-corrected chi connectivity index (χ2v) is 7.05. The second-order valence-electron chi connectivity index (χ2n) is 7.05. The zero-order valence-electron chi connectivity index (χ0n) is 16.3. The standard InChI is InChI=1S/C24H23FN4/c1-18-7-5-6-10-21(18)17-29-27-23(24(28-29)20-8-3-2-4-9-20)16-26-15-19-11-13-22(25)14-12-19/h2-14,26H,15-17H2,1H3. The van der Waals surface area contributed by atoms with E-state index in [1.54, 1.807) is 16.9 Å². The molecule has 0 unspecified atom stereocenters. The van der Waals surface area contributed by atoms with Gasteiger partial charge < -0.3 is 5.32 Å². The Labute approximate surface area is 170 Å². The van der Waals surface area contributed by atoms with Gasteiger partial charge >= 0.3 is 0 Å². The molecule has 0 bridgehead atoms. The molecule has 1 aromatic heterocycles. The number of hydrogen-bond donors (Lipinski definition) is 1. The molecule has 4 nitrogen and oxygen atoms in total. The van der Waals surface area contributed by atoms with Crippen molar-refractivity contribution in [3.63, 3.8) is 0 Å². The average Bonchev–Trinajstić information content (AvgIpc) is 3.14. The van der Waals surface area contributed by atoms with Gasteiger partial charge in [0.1, 0.15) is 17.2 Å². The maximum absolute atomic E-state index is 13.1. The lowest BCUT2D eigenvalue weighted by Crippen LogP contribution is -2.14. The molecule has 146 valence electrons. The summed E-state index contributed by atoms with van der Waals surface area (Å²) < 4.78 is 13.1. The van der Waals surface area contributed by atoms with Gasteiger partial charge in [-0.1, -0.05) is 66.7 Å². The van der Waals surface area contributed by atoms with Crippen molar-refractivity contribution in [1.82, 2.24) is 20.3 Å². The highest BCUT2D eigenvalue weighted by molar-refractivity contribution is 5.60. The summed E-state index contributed by atoms with van der Waals surface area (Å²) >= 11 is 0. The Balaban J connectivity index is 1.55. The van der Waals surface area contributed by atoms with Crippen molar-refractivity contribution in [1.29, 1.82) is 0 Å². The Morgan fingerprint density at radius 2 is 1.55 bits per heavy atom. The third kappa shape index (κ3) is 4.76. The zero-order chi connectivity index (χ0) is 20.1. The molecule has 29 heavy (non-hydrogen) atoms. The van der Waals surface area contributed by atoms with Gasteiger partial charge in [0.25, 0.3) is 0 Å².